The molecule has 0 bridgehead atoms. The highest BCUT2D eigenvalue weighted by molar-refractivity contribution is 6.61. The molecule has 0 spiro atoms. The Morgan fingerprint density at radius 1 is 1.15 bits per heavy atom. The Morgan fingerprint density at radius 2 is 1.70 bits per heavy atom. The smallest absolute Gasteiger partial charge is 0.398 e. The summed E-state index contributed by atoms with van der Waals surface area (Å²) in [5.74, 6) is -0.538. The van der Waals surface area contributed by atoms with Crippen LogP contribution in [0.5, 0.6) is 0 Å². The standard InChI is InChI=1S/C14H20BFN2O2/c1-12(2)13(3,4)20-15(19-12)10-7-9(8-11(16)18-10)14(17)5-6-14/h7-8H,5-6,17H2,1-4H3. The zero-order valence-corrected chi connectivity index (χ0v) is 12.4. The molecule has 20 heavy (non-hydrogen) atoms. The van der Waals surface area contributed by atoms with Crippen LogP contribution in [0.3, 0.4) is 0 Å². The molecule has 0 atom stereocenters. The largest absolute Gasteiger partial charge is 0.514 e. The van der Waals surface area contributed by atoms with Crippen molar-refractivity contribution in [1.82, 2.24) is 4.98 Å². The fraction of sp³-hybridized carbons (Fsp3) is 0.643. The molecule has 1 aliphatic carbocycles. The molecule has 1 aromatic rings. The number of nitrogens with two attached hydrogens (primary N) is 1. The third-order valence-corrected chi connectivity index (χ3v) is 4.67. The zero-order chi connectivity index (χ0) is 14.8. The fourth-order valence-electron chi connectivity index (χ4n) is 2.31. The third kappa shape index (κ3) is 2.16. The summed E-state index contributed by atoms with van der Waals surface area (Å²) in [5, 5.41) is 0. The van der Waals surface area contributed by atoms with Crippen molar-refractivity contribution in [2.24, 2.45) is 5.73 Å². The van der Waals surface area contributed by atoms with E-state index in [-0.39, 0.29) is 0 Å². The number of hydrogen-bond acceptors (Lipinski definition) is 4. The summed E-state index contributed by atoms with van der Waals surface area (Å²) in [5.41, 5.74) is 6.03. The van der Waals surface area contributed by atoms with Crippen molar-refractivity contribution < 1.29 is 13.7 Å². The SMILES string of the molecule is CC1(C)OB(c2cc(C3(N)CC3)cc(F)n2)OC1(C)C. The van der Waals surface area contributed by atoms with E-state index in [2.05, 4.69) is 4.98 Å². The van der Waals surface area contributed by atoms with E-state index in [4.69, 9.17) is 15.0 Å². The summed E-state index contributed by atoms with van der Waals surface area (Å²) >= 11 is 0. The average Bonchev–Trinajstić information content (AvgIpc) is 3.01. The summed E-state index contributed by atoms with van der Waals surface area (Å²) in [4.78, 5) is 3.92. The van der Waals surface area contributed by atoms with Gasteiger partial charge in [-0.3, -0.25) is 0 Å². The van der Waals surface area contributed by atoms with Gasteiger partial charge in [0.15, 0.2) is 0 Å². The van der Waals surface area contributed by atoms with E-state index in [1.54, 1.807) is 6.07 Å². The maximum absolute atomic E-state index is 13.7. The minimum atomic E-state index is -0.656. The first-order valence-electron chi connectivity index (χ1n) is 6.96. The summed E-state index contributed by atoms with van der Waals surface area (Å²) in [6.07, 6.45) is 1.75. The van der Waals surface area contributed by atoms with E-state index in [0.717, 1.165) is 18.4 Å². The first kappa shape index (κ1) is 14.0. The van der Waals surface area contributed by atoms with E-state index in [0.29, 0.717) is 5.59 Å². The Morgan fingerprint density at radius 3 is 2.20 bits per heavy atom. The quantitative estimate of drug-likeness (QED) is 0.657. The van der Waals surface area contributed by atoms with Crippen molar-refractivity contribution in [3.8, 4) is 0 Å². The molecule has 6 heteroatoms. The van der Waals surface area contributed by atoms with Crippen LogP contribution in [0.15, 0.2) is 12.1 Å². The fourth-order valence-corrected chi connectivity index (χ4v) is 2.31. The van der Waals surface area contributed by atoms with Crippen LogP contribution in [-0.4, -0.2) is 23.3 Å². The maximum atomic E-state index is 13.7. The number of halogens is 1. The van der Waals surface area contributed by atoms with E-state index in [9.17, 15) is 4.39 Å². The molecule has 2 heterocycles. The lowest BCUT2D eigenvalue weighted by atomic mass is 9.82. The van der Waals surface area contributed by atoms with Crippen molar-refractivity contribution in [1.29, 1.82) is 0 Å². The minimum Gasteiger partial charge on any atom is -0.398 e. The van der Waals surface area contributed by atoms with Crippen molar-refractivity contribution in [2.45, 2.75) is 57.3 Å². The predicted molar refractivity (Wildman–Crippen MR) is 75.0 cm³/mol. The zero-order valence-electron chi connectivity index (χ0n) is 12.4. The Labute approximate surface area is 119 Å². The summed E-state index contributed by atoms with van der Waals surface area (Å²) < 4.78 is 25.5. The average molecular weight is 278 g/mol. The number of nitrogens with zero attached hydrogens (tertiary/aromatic N) is 1. The second-order valence-corrected chi connectivity index (χ2v) is 6.85. The van der Waals surface area contributed by atoms with Gasteiger partial charge in [0, 0.05) is 5.54 Å². The molecular formula is C14H20BFN2O2. The van der Waals surface area contributed by atoms with E-state index >= 15 is 0 Å². The summed E-state index contributed by atoms with van der Waals surface area (Å²) in [6, 6.07) is 3.21. The van der Waals surface area contributed by atoms with E-state index in [1.165, 1.54) is 6.07 Å². The third-order valence-electron chi connectivity index (χ3n) is 4.67. The Balaban J connectivity index is 1.94. The molecule has 2 aliphatic rings. The van der Waals surface area contributed by atoms with Crippen LogP contribution in [0.4, 0.5) is 4.39 Å². The van der Waals surface area contributed by atoms with Gasteiger partial charge in [0.1, 0.15) is 0 Å². The molecule has 0 amide bonds. The molecule has 0 radical (unpaired) electrons. The van der Waals surface area contributed by atoms with Gasteiger partial charge in [-0.1, -0.05) is 0 Å². The Bertz CT molecular complexity index is 542. The molecule has 0 unspecified atom stereocenters. The monoisotopic (exact) mass is 278 g/mol. The van der Waals surface area contributed by atoms with Crippen LogP contribution >= 0.6 is 0 Å². The minimum absolute atomic E-state index is 0.401. The van der Waals surface area contributed by atoms with Gasteiger partial charge in [0.25, 0.3) is 0 Å². The molecular weight excluding hydrogens is 258 g/mol. The lowest BCUT2D eigenvalue weighted by molar-refractivity contribution is 0.00578. The second kappa shape index (κ2) is 4.03. The maximum Gasteiger partial charge on any atom is 0.514 e. The molecule has 2 N–H and O–H groups in total. The number of aromatic nitrogens is 1. The molecule has 108 valence electrons. The Hall–Kier alpha value is -0.975. The topological polar surface area (TPSA) is 57.4 Å². The van der Waals surface area contributed by atoms with Gasteiger partial charge in [-0.25, -0.2) is 4.98 Å². The second-order valence-electron chi connectivity index (χ2n) is 6.85. The normalized spacial score (nSPS) is 25.8. The van der Waals surface area contributed by atoms with Crippen LogP contribution in [0.2, 0.25) is 0 Å². The lowest BCUT2D eigenvalue weighted by Crippen LogP contribution is -2.41. The van der Waals surface area contributed by atoms with Crippen LogP contribution < -0.4 is 11.3 Å². The lowest BCUT2D eigenvalue weighted by Gasteiger charge is -2.32. The number of rotatable bonds is 2. The van der Waals surface area contributed by atoms with Gasteiger partial charge in [-0.15, -0.1) is 0 Å². The molecule has 0 aromatic carbocycles. The first-order chi connectivity index (χ1) is 9.13. The van der Waals surface area contributed by atoms with Crippen LogP contribution in [0.25, 0.3) is 0 Å². The van der Waals surface area contributed by atoms with Crippen molar-refractivity contribution in [3.63, 3.8) is 0 Å². The molecule has 1 saturated carbocycles. The highest BCUT2D eigenvalue weighted by Crippen LogP contribution is 2.42. The van der Waals surface area contributed by atoms with Crippen LogP contribution in [0, 0.1) is 5.95 Å². The highest BCUT2D eigenvalue weighted by atomic mass is 19.1. The molecule has 4 nitrogen and oxygen atoms in total. The molecule has 1 aromatic heterocycles. The summed E-state index contributed by atoms with van der Waals surface area (Å²) in [7, 11) is -0.656. The highest BCUT2D eigenvalue weighted by Gasteiger charge is 2.53. The van der Waals surface area contributed by atoms with E-state index < -0.39 is 29.8 Å². The number of pyridine rings is 1. The molecule has 1 saturated heterocycles. The Kier molecular flexibility index (Phi) is 2.81. The van der Waals surface area contributed by atoms with Gasteiger partial charge >= 0.3 is 7.12 Å². The number of hydrogen-bond donors (Lipinski definition) is 1. The molecule has 3 rings (SSSR count). The van der Waals surface area contributed by atoms with Gasteiger partial charge < -0.3 is 15.0 Å². The summed E-state index contributed by atoms with van der Waals surface area (Å²) in [6.45, 7) is 7.83. The van der Waals surface area contributed by atoms with E-state index in [1.807, 2.05) is 27.7 Å². The first-order valence-corrected chi connectivity index (χ1v) is 6.96. The van der Waals surface area contributed by atoms with Gasteiger partial charge in [0.2, 0.25) is 5.95 Å². The molecule has 1 aliphatic heterocycles. The van der Waals surface area contributed by atoms with Crippen molar-refractivity contribution in [2.75, 3.05) is 0 Å². The van der Waals surface area contributed by atoms with Crippen molar-refractivity contribution >= 4 is 12.7 Å². The van der Waals surface area contributed by atoms with Crippen LogP contribution in [-0.2, 0) is 14.8 Å². The predicted octanol–water partition coefficient (Wildman–Crippen LogP) is 1.47. The van der Waals surface area contributed by atoms with Gasteiger partial charge in [0.05, 0.1) is 16.8 Å². The van der Waals surface area contributed by atoms with Gasteiger partial charge in [-0.05, 0) is 58.2 Å². The van der Waals surface area contributed by atoms with Crippen LogP contribution in [0.1, 0.15) is 46.1 Å². The molecule has 2 fully saturated rings. The van der Waals surface area contributed by atoms with Gasteiger partial charge in [-0.2, -0.15) is 4.39 Å². The van der Waals surface area contributed by atoms with Crippen molar-refractivity contribution in [3.05, 3.63) is 23.6 Å².